The lowest BCUT2D eigenvalue weighted by molar-refractivity contribution is -0.461. The number of hydroxylamine groups is 1. The molecule has 0 unspecified atom stereocenters. The van der Waals surface area contributed by atoms with Gasteiger partial charge in [-0.05, 0) is 78.5 Å². The Kier molecular flexibility index (Phi) is 18.9. The van der Waals surface area contributed by atoms with Crippen molar-refractivity contribution in [3.05, 3.63) is 65.2 Å². The molecule has 0 aliphatic heterocycles. The zero-order chi connectivity index (χ0) is 52.9. The smallest absolute Gasteiger partial charge is 0.460 e. The summed E-state index contributed by atoms with van der Waals surface area (Å²) in [5.41, 5.74) is 0.329. The van der Waals surface area contributed by atoms with Crippen LogP contribution in [0.1, 0.15) is 59.6 Å². The predicted molar refractivity (Wildman–Crippen MR) is 209 cm³/mol. The summed E-state index contributed by atoms with van der Waals surface area (Å²) in [7, 11) is -1.40. The van der Waals surface area contributed by atoms with Crippen LogP contribution < -0.4 is 20.3 Å². The topological polar surface area (TPSA) is 125 Å². The number of amides is 2. The molecule has 2 rings (SSSR count). The number of nitrogens with one attached hydrogen (secondary N) is 2. The molecular weight excluding hydrogens is 987 g/mol. The zero-order valence-corrected chi connectivity index (χ0v) is 38.0. The summed E-state index contributed by atoms with van der Waals surface area (Å²) in [6.07, 6.45) is -13.9. The molecule has 28 heteroatoms. The van der Waals surface area contributed by atoms with Crippen molar-refractivity contribution in [2.45, 2.75) is 125 Å². The van der Waals surface area contributed by atoms with E-state index in [1.807, 2.05) is 0 Å². The zero-order valence-electron chi connectivity index (χ0n) is 37.0. The van der Waals surface area contributed by atoms with Gasteiger partial charge in [0, 0.05) is 24.8 Å². The maximum atomic E-state index is 15.0. The highest BCUT2D eigenvalue weighted by atomic mass is 28.4. The number of hydrogen-bond donors (Lipinski definition) is 3. The van der Waals surface area contributed by atoms with E-state index in [2.05, 4.69) is 5.32 Å². The molecule has 3 N–H and O–H groups in total. The monoisotopic (exact) mass is 1030 g/mol. The van der Waals surface area contributed by atoms with Crippen molar-refractivity contribution in [1.82, 2.24) is 5.48 Å². The van der Waals surface area contributed by atoms with Crippen LogP contribution in [0.2, 0.25) is 17.1 Å². The standard InChI is InChI=1S/C40H47F17N2O8Si/c1-21(2)68(22(3)4,20-17-33(41,42)34(43,44)35(45,46)36(47,48)37(49,50)38(51,52)39(53,54)40(55,56)57)66-19-18-65-28-13-9-25(10-14-28)30(29(64-8)23(5)24(6)31(60)59-62)67-32(61)58-26-11-15-27(63-7)16-12-26/h9-16,21-22,29-30,62H,17-20H2,1-8H3,(H,58,61)(H,59,60)/b24-23+/t29-,30-/m0/s1. The summed E-state index contributed by atoms with van der Waals surface area (Å²) < 4.78 is 264. The van der Waals surface area contributed by atoms with Crippen molar-refractivity contribution < 1.29 is 113 Å². The molecule has 0 saturated carbocycles. The van der Waals surface area contributed by atoms with Crippen molar-refractivity contribution >= 4 is 26.0 Å². The number of carbonyl (C=O) groups is 2. The molecule has 0 fully saturated rings. The average Bonchev–Trinajstić information content (AvgIpc) is 3.24. The van der Waals surface area contributed by atoms with Gasteiger partial charge in [-0.3, -0.25) is 15.3 Å². The number of ether oxygens (including phenoxy) is 4. The van der Waals surface area contributed by atoms with Gasteiger partial charge in [0.1, 0.15) is 24.2 Å². The Labute approximate surface area is 378 Å². The van der Waals surface area contributed by atoms with Gasteiger partial charge in [0.2, 0.25) is 0 Å². The van der Waals surface area contributed by atoms with Gasteiger partial charge in [0.05, 0.1) is 13.7 Å². The fourth-order valence-electron chi connectivity index (χ4n) is 6.75. The maximum absolute atomic E-state index is 15.0. The summed E-state index contributed by atoms with van der Waals surface area (Å²) in [6, 6.07) is 10.1. The molecule has 0 bridgehead atoms. The summed E-state index contributed by atoms with van der Waals surface area (Å²) in [6.45, 7) is 6.94. The Balaban J connectivity index is 2.37. The van der Waals surface area contributed by atoms with Crippen molar-refractivity contribution in [2.24, 2.45) is 0 Å². The predicted octanol–water partition coefficient (Wildman–Crippen LogP) is 12.4. The lowest BCUT2D eigenvalue weighted by Crippen LogP contribution is -2.74. The second-order valence-electron chi connectivity index (χ2n) is 15.8. The fraction of sp³-hybridized carbons (Fsp3) is 0.600. The molecule has 2 amide bonds. The normalized spacial score (nSPS) is 15.2. The molecule has 0 aliphatic carbocycles. The van der Waals surface area contributed by atoms with Crippen molar-refractivity contribution in [3.63, 3.8) is 0 Å². The van der Waals surface area contributed by atoms with E-state index >= 15 is 8.78 Å². The van der Waals surface area contributed by atoms with E-state index in [0.717, 1.165) is 0 Å². The Hall–Kier alpha value is -4.57. The second kappa shape index (κ2) is 21.6. The van der Waals surface area contributed by atoms with Crippen LogP contribution in [0.4, 0.5) is 85.1 Å². The Morgan fingerprint density at radius 2 is 1.10 bits per heavy atom. The van der Waals surface area contributed by atoms with Gasteiger partial charge in [-0.25, -0.2) is 10.3 Å². The van der Waals surface area contributed by atoms with E-state index in [1.54, 1.807) is 12.1 Å². The first kappa shape index (κ1) is 59.6. The first-order valence-corrected chi connectivity index (χ1v) is 21.9. The SMILES string of the molecule is COc1ccc(NC(=O)O[C@@H](c2ccc(OCCO[Si](CCC(F)(F)C(F)(F)C(F)(F)C(F)(F)C(F)(F)C(F)(F)C(F)(F)C(F)(F)F)(C(C)C)C(C)C)cc2)[C@@H](OC)/C(C)=C(\C)C(=O)NO)cc1. The number of methoxy groups -OCH3 is 2. The number of halogens is 17. The van der Waals surface area contributed by atoms with Crippen LogP contribution in [0.15, 0.2) is 59.7 Å². The van der Waals surface area contributed by atoms with Crippen molar-refractivity contribution in [1.29, 1.82) is 0 Å². The van der Waals surface area contributed by atoms with E-state index in [9.17, 15) is 75.4 Å². The first-order valence-electron chi connectivity index (χ1n) is 19.7. The van der Waals surface area contributed by atoms with Crippen molar-refractivity contribution in [3.8, 4) is 11.5 Å². The van der Waals surface area contributed by atoms with Crippen LogP contribution in [-0.2, 0) is 18.7 Å². The lowest BCUT2D eigenvalue weighted by atomic mass is 9.88. The van der Waals surface area contributed by atoms with Gasteiger partial charge >= 0.3 is 53.7 Å². The van der Waals surface area contributed by atoms with Crippen molar-refractivity contribution in [2.75, 3.05) is 32.8 Å². The minimum atomic E-state index is -8.72. The average molecular weight is 1030 g/mol. The molecular formula is C40H47F17N2O8Si. The molecule has 0 aromatic heterocycles. The highest BCUT2D eigenvalue weighted by Crippen LogP contribution is 2.64. The number of anilines is 1. The Bertz CT molecular complexity index is 2030. The first-order chi connectivity index (χ1) is 30.8. The third kappa shape index (κ3) is 11.5. The van der Waals surface area contributed by atoms with Gasteiger partial charge in [0.25, 0.3) is 5.91 Å². The minimum Gasteiger partial charge on any atom is -0.497 e. The van der Waals surface area contributed by atoms with Gasteiger partial charge in [0.15, 0.2) is 14.4 Å². The van der Waals surface area contributed by atoms with E-state index < -0.39 is 117 Å². The molecule has 10 nitrogen and oxygen atoms in total. The molecule has 2 aromatic rings. The quantitative estimate of drug-likeness (QED) is 0.0237. The van der Waals surface area contributed by atoms with Crippen LogP contribution in [0.25, 0.3) is 0 Å². The third-order valence-corrected chi connectivity index (χ3v) is 16.7. The molecule has 0 radical (unpaired) electrons. The minimum absolute atomic E-state index is 0.0205. The number of alkyl halides is 17. The maximum Gasteiger partial charge on any atom is 0.460 e. The van der Waals surface area contributed by atoms with Gasteiger partial charge < -0.3 is 23.4 Å². The molecule has 388 valence electrons. The van der Waals surface area contributed by atoms with Crippen LogP contribution in [0, 0.1) is 0 Å². The highest BCUT2D eigenvalue weighted by Gasteiger charge is 2.95. The number of hydrogen-bond acceptors (Lipinski definition) is 8. The molecule has 0 spiro atoms. The summed E-state index contributed by atoms with van der Waals surface area (Å²) in [5.74, 6) is -57.4. The summed E-state index contributed by atoms with van der Waals surface area (Å²) >= 11 is 0. The molecule has 68 heavy (non-hydrogen) atoms. The van der Waals surface area contributed by atoms with Crippen LogP contribution >= 0.6 is 0 Å². The van der Waals surface area contributed by atoms with Gasteiger partial charge in [-0.1, -0.05) is 39.8 Å². The second-order valence-corrected chi connectivity index (χ2v) is 20.8. The third-order valence-electron chi connectivity index (χ3n) is 11.1. The number of carbonyl (C=O) groups excluding carboxylic acids is 2. The Morgan fingerprint density at radius 3 is 1.53 bits per heavy atom. The fourth-order valence-corrected chi connectivity index (χ4v) is 11.2. The van der Waals surface area contributed by atoms with E-state index in [0.29, 0.717) is 5.75 Å². The van der Waals surface area contributed by atoms with Gasteiger partial charge in [-0.2, -0.15) is 74.6 Å². The van der Waals surface area contributed by atoms with Crippen LogP contribution in [0.5, 0.6) is 11.5 Å². The molecule has 2 atom stereocenters. The Morgan fingerprint density at radius 1 is 0.647 bits per heavy atom. The molecule has 0 aliphatic rings. The summed E-state index contributed by atoms with van der Waals surface area (Å²) in [5, 5.41) is 11.7. The van der Waals surface area contributed by atoms with Crippen LogP contribution in [0.3, 0.4) is 0 Å². The van der Waals surface area contributed by atoms with E-state index in [-0.39, 0.29) is 28.1 Å². The van der Waals surface area contributed by atoms with E-state index in [1.165, 1.54) is 97.6 Å². The number of rotatable bonds is 24. The molecule has 2 aromatic carbocycles. The van der Waals surface area contributed by atoms with E-state index in [4.69, 9.17) is 28.6 Å². The van der Waals surface area contributed by atoms with Crippen LogP contribution in [-0.4, -0.2) is 107 Å². The summed E-state index contributed by atoms with van der Waals surface area (Å²) in [4.78, 5) is 25.3. The highest BCUT2D eigenvalue weighted by molar-refractivity contribution is 6.76. The largest absolute Gasteiger partial charge is 0.497 e. The number of benzene rings is 2. The lowest BCUT2D eigenvalue weighted by Gasteiger charge is -2.44. The molecule has 0 heterocycles. The van der Waals surface area contributed by atoms with Gasteiger partial charge in [-0.15, -0.1) is 0 Å². The molecule has 0 saturated heterocycles.